The van der Waals surface area contributed by atoms with Gasteiger partial charge < -0.3 is 9.47 Å². The SMILES string of the molecule is O=C(c1cccc(-n2cccc2)c1)N1CCC(Cc2cccs2)CC1. The van der Waals surface area contributed by atoms with Crippen LogP contribution in [0.15, 0.2) is 66.3 Å². The highest BCUT2D eigenvalue weighted by Gasteiger charge is 2.24. The number of piperidine rings is 1. The van der Waals surface area contributed by atoms with Crippen LogP contribution in [0.1, 0.15) is 28.1 Å². The largest absolute Gasteiger partial charge is 0.339 e. The molecule has 1 aliphatic heterocycles. The van der Waals surface area contributed by atoms with Crippen LogP contribution >= 0.6 is 11.3 Å². The van der Waals surface area contributed by atoms with E-state index in [4.69, 9.17) is 0 Å². The van der Waals surface area contributed by atoms with E-state index in [0.717, 1.165) is 43.6 Å². The summed E-state index contributed by atoms with van der Waals surface area (Å²) >= 11 is 1.84. The Morgan fingerprint density at radius 2 is 1.84 bits per heavy atom. The minimum absolute atomic E-state index is 0.156. The van der Waals surface area contributed by atoms with Crippen LogP contribution in [0.2, 0.25) is 0 Å². The van der Waals surface area contributed by atoms with Gasteiger partial charge >= 0.3 is 0 Å². The van der Waals surface area contributed by atoms with Crippen molar-refractivity contribution in [1.29, 1.82) is 0 Å². The van der Waals surface area contributed by atoms with Crippen molar-refractivity contribution in [3.63, 3.8) is 0 Å². The first-order valence-corrected chi connectivity index (χ1v) is 9.72. The molecule has 128 valence electrons. The lowest BCUT2D eigenvalue weighted by Gasteiger charge is -2.32. The summed E-state index contributed by atoms with van der Waals surface area (Å²) in [6, 6.07) is 16.2. The highest BCUT2D eigenvalue weighted by atomic mass is 32.1. The summed E-state index contributed by atoms with van der Waals surface area (Å²) in [5, 5.41) is 2.14. The summed E-state index contributed by atoms with van der Waals surface area (Å²) in [4.78, 5) is 16.3. The van der Waals surface area contributed by atoms with Crippen LogP contribution in [0.3, 0.4) is 0 Å². The number of nitrogens with zero attached hydrogens (tertiary/aromatic N) is 2. The van der Waals surface area contributed by atoms with Gasteiger partial charge in [0.05, 0.1) is 0 Å². The fourth-order valence-electron chi connectivity index (χ4n) is 3.54. The van der Waals surface area contributed by atoms with Gasteiger partial charge in [0.25, 0.3) is 5.91 Å². The van der Waals surface area contributed by atoms with Gasteiger partial charge in [0.1, 0.15) is 0 Å². The normalized spacial score (nSPS) is 15.4. The first kappa shape index (κ1) is 16.2. The Morgan fingerprint density at radius 3 is 2.56 bits per heavy atom. The molecule has 0 unspecified atom stereocenters. The smallest absolute Gasteiger partial charge is 0.253 e. The summed E-state index contributed by atoms with van der Waals surface area (Å²) < 4.78 is 2.03. The van der Waals surface area contributed by atoms with E-state index in [1.165, 1.54) is 4.88 Å². The summed E-state index contributed by atoms with van der Waals surface area (Å²) in [6.07, 6.45) is 7.35. The predicted octanol–water partition coefficient (Wildman–Crippen LogP) is 4.63. The number of rotatable bonds is 4. The van der Waals surface area contributed by atoms with Crippen molar-refractivity contribution in [2.45, 2.75) is 19.3 Å². The summed E-state index contributed by atoms with van der Waals surface area (Å²) in [5.41, 5.74) is 1.81. The Kier molecular flexibility index (Phi) is 4.70. The van der Waals surface area contributed by atoms with Gasteiger partial charge in [0.15, 0.2) is 0 Å². The van der Waals surface area contributed by atoms with Gasteiger partial charge in [-0.1, -0.05) is 12.1 Å². The van der Waals surface area contributed by atoms with Crippen LogP contribution in [0, 0.1) is 5.92 Å². The second kappa shape index (κ2) is 7.28. The maximum Gasteiger partial charge on any atom is 0.253 e. The van der Waals surface area contributed by atoms with Crippen LogP contribution in [-0.2, 0) is 6.42 Å². The number of thiophene rings is 1. The quantitative estimate of drug-likeness (QED) is 0.673. The molecule has 2 aromatic heterocycles. The predicted molar refractivity (Wildman–Crippen MR) is 102 cm³/mol. The van der Waals surface area contributed by atoms with E-state index >= 15 is 0 Å². The molecule has 25 heavy (non-hydrogen) atoms. The molecule has 0 atom stereocenters. The first-order valence-electron chi connectivity index (χ1n) is 8.85. The molecule has 0 aliphatic carbocycles. The minimum Gasteiger partial charge on any atom is -0.339 e. The molecule has 4 rings (SSSR count). The molecule has 3 aromatic rings. The van der Waals surface area contributed by atoms with Gasteiger partial charge in [0.2, 0.25) is 0 Å². The average molecular weight is 350 g/mol. The molecule has 0 spiro atoms. The maximum absolute atomic E-state index is 12.9. The molecule has 1 amide bonds. The van der Waals surface area contributed by atoms with Crippen molar-refractivity contribution in [1.82, 2.24) is 9.47 Å². The summed E-state index contributed by atoms with van der Waals surface area (Å²) in [5.74, 6) is 0.859. The lowest BCUT2D eigenvalue weighted by Crippen LogP contribution is -2.38. The van der Waals surface area contributed by atoms with Crippen molar-refractivity contribution in [2.24, 2.45) is 5.92 Å². The molecular formula is C21H22N2OS. The van der Waals surface area contributed by atoms with E-state index in [0.29, 0.717) is 5.92 Å². The zero-order valence-electron chi connectivity index (χ0n) is 14.2. The molecule has 0 saturated carbocycles. The highest BCUT2D eigenvalue weighted by Crippen LogP contribution is 2.25. The molecule has 3 heterocycles. The van der Waals surface area contributed by atoms with Crippen LogP contribution in [0.25, 0.3) is 5.69 Å². The van der Waals surface area contributed by atoms with Gasteiger partial charge in [-0.3, -0.25) is 4.79 Å². The minimum atomic E-state index is 0.156. The highest BCUT2D eigenvalue weighted by molar-refractivity contribution is 7.09. The molecule has 0 radical (unpaired) electrons. The van der Waals surface area contributed by atoms with Crippen molar-refractivity contribution < 1.29 is 4.79 Å². The molecular weight excluding hydrogens is 328 g/mol. The number of carbonyl (C=O) groups excluding carboxylic acids is 1. The van der Waals surface area contributed by atoms with Gasteiger partial charge in [-0.05, 0) is 67.0 Å². The fourth-order valence-corrected chi connectivity index (χ4v) is 4.36. The standard InChI is InChI=1S/C21H22N2OS/c24-21(18-5-3-6-19(16-18)22-10-1-2-11-22)23-12-8-17(9-13-23)15-20-7-4-14-25-20/h1-7,10-11,14,16-17H,8-9,12-13,15H2. The van der Waals surface area contributed by atoms with E-state index in [-0.39, 0.29) is 5.91 Å². The third kappa shape index (κ3) is 3.69. The van der Waals surface area contributed by atoms with Crippen molar-refractivity contribution in [3.05, 3.63) is 76.7 Å². The average Bonchev–Trinajstić information content (AvgIpc) is 3.36. The molecule has 1 aliphatic rings. The fraction of sp³-hybridized carbons (Fsp3) is 0.286. The number of hydrogen-bond donors (Lipinski definition) is 0. The first-order chi connectivity index (χ1) is 12.3. The van der Waals surface area contributed by atoms with Crippen LogP contribution in [0.5, 0.6) is 0 Å². The van der Waals surface area contributed by atoms with E-state index in [2.05, 4.69) is 17.5 Å². The van der Waals surface area contributed by atoms with Gasteiger partial charge in [-0.15, -0.1) is 11.3 Å². The molecule has 1 aromatic carbocycles. The number of hydrogen-bond acceptors (Lipinski definition) is 2. The number of aromatic nitrogens is 1. The molecule has 0 bridgehead atoms. The Labute approximate surface area is 152 Å². The monoisotopic (exact) mass is 350 g/mol. The zero-order valence-corrected chi connectivity index (χ0v) is 15.0. The van der Waals surface area contributed by atoms with Crippen LogP contribution in [0.4, 0.5) is 0 Å². The molecule has 1 fully saturated rings. The zero-order chi connectivity index (χ0) is 17.1. The number of benzene rings is 1. The Morgan fingerprint density at radius 1 is 1.04 bits per heavy atom. The number of carbonyl (C=O) groups is 1. The Bertz CT molecular complexity index is 815. The van der Waals surface area contributed by atoms with E-state index in [9.17, 15) is 4.79 Å². The van der Waals surface area contributed by atoms with Crippen molar-refractivity contribution in [2.75, 3.05) is 13.1 Å². The second-order valence-corrected chi connectivity index (χ2v) is 7.69. The third-order valence-corrected chi connectivity index (χ3v) is 5.87. The molecule has 3 nitrogen and oxygen atoms in total. The number of likely N-dealkylation sites (tertiary alicyclic amines) is 1. The second-order valence-electron chi connectivity index (χ2n) is 6.66. The maximum atomic E-state index is 12.9. The Hall–Kier alpha value is -2.33. The molecule has 4 heteroatoms. The summed E-state index contributed by atoms with van der Waals surface area (Å²) in [7, 11) is 0. The van der Waals surface area contributed by atoms with Crippen LogP contribution < -0.4 is 0 Å². The van der Waals surface area contributed by atoms with Crippen molar-refractivity contribution in [3.8, 4) is 5.69 Å². The third-order valence-electron chi connectivity index (χ3n) is 4.97. The van der Waals surface area contributed by atoms with Crippen molar-refractivity contribution >= 4 is 17.2 Å². The van der Waals surface area contributed by atoms with Gasteiger partial charge in [-0.2, -0.15) is 0 Å². The van der Waals surface area contributed by atoms with E-state index in [1.807, 2.05) is 69.6 Å². The summed E-state index contributed by atoms with van der Waals surface area (Å²) in [6.45, 7) is 1.73. The topological polar surface area (TPSA) is 25.2 Å². The molecule has 0 N–H and O–H groups in total. The lowest BCUT2D eigenvalue weighted by molar-refractivity contribution is 0.0691. The van der Waals surface area contributed by atoms with Crippen LogP contribution in [-0.4, -0.2) is 28.5 Å². The number of amides is 1. The van der Waals surface area contributed by atoms with E-state index in [1.54, 1.807) is 0 Å². The van der Waals surface area contributed by atoms with E-state index < -0.39 is 0 Å². The molecule has 1 saturated heterocycles. The van der Waals surface area contributed by atoms with Gasteiger partial charge in [0, 0.05) is 41.6 Å². The lowest BCUT2D eigenvalue weighted by atomic mass is 9.92. The Balaban J connectivity index is 1.40. The van der Waals surface area contributed by atoms with Gasteiger partial charge in [-0.25, -0.2) is 0 Å².